The van der Waals surface area contributed by atoms with Crippen LogP contribution in [0.15, 0.2) is 72.8 Å². The van der Waals surface area contributed by atoms with Crippen molar-refractivity contribution < 1.29 is 23.9 Å². The monoisotopic (exact) mass is 485 g/mol. The molecule has 0 spiro atoms. The number of aryl methyl sites for hydroxylation is 1. The summed E-state index contributed by atoms with van der Waals surface area (Å²) < 4.78 is 5.19. The van der Waals surface area contributed by atoms with Crippen LogP contribution >= 0.6 is 0 Å². The maximum atomic E-state index is 13.6. The van der Waals surface area contributed by atoms with Crippen molar-refractivity contribution >= 4 is 35.0 Å². The normalized spacial score (nSPS) is 15.1. The number of nitrogens with zero attached hydrogens (tertiary/aromatic N) is 2. The third-order valence-electron chi connectivity index (χ3n) is 6.02. The van der Waals surface area contributed by atoms with Crippen LogP contribution in [0.2, 0.25) is 0 Å². The lowest BCUT2D eigenvalue weighted by Gasteiger charge is -2.28. The lowest BCUT2D eigenvalue weighted by Crippen LogP contribution is -2.45. The topological polar surface area (TPSA) is 96.0 Å². The minimum atomic E-state index is -0.955. The Kier molecular flexibility index (Phi) is 7.15. The molecule has 0 saturated carbocycles. The maximum Gasteiger partial charge on any atom is 0.257 e. The zero-order valence-electron chi connectivity index (χ0n) is 20.4. The van der Waals surface area contributed by atoms with E-state index in [0.717, 1.165) is 16.0 Å². The molecule has 1 saturated heterocycles. The highest BCUT2D eigenvalue weighted by Gasteiger charge is 2.44. The molecule has 0 bridgehead atoms. The molecule has 4 rings (SSSR count). The number of carbonyl (C=O) groups excluding carboxylic acids is 4. The zero-order chi connectivity index (χ0) is 25.8. The molecule has 184 valence electrons. The van der Waals surface area contributed by atoms with E-state index in [0.29, 0.717) is 22.7 Å². The first-order valence-electron chi connectivity index (χ1n) is 11.5. The molecule has 0 aromatic heterocycles. The molecule has 4 amide bonds. The second-order valence-corrected chi connectivity index (χ2v) is 8.66. The standard InChI is InChI=1S/C28H27N3O5/c1-18-4-6-20(7-5-18)17-30(27(34)21-8-14-24(36-3)15-9-21)25-16-26(33)31(28(25)35)23-12-10-22(11-13-23)29-19(2)32/h4-15,25H,16-17H2,1-3H3,(H,29,32). The number of rotatable bonds is 7. The number of imide groups is 1. The first kappa shape index (κ1) is 24.7. The lowest BCUT2D eigenvalue weighted by molar-refractivity contribution is -0.122. The number of nitrogens with one attached hydrogen (secondary N) is 1. The Morgan fingerprint density at radius 1 is 0.972 bits per heavy atom. The van der Waals surface area contributed by atoms with Crippen LogP contribution in [0.1, 0.15) is 34.8 Å². The zero-order valence-corrected chi connectivity index (χ0v) is 20.4. The van der Waals surface area contributed by atoms with Crippen molar-refractivity contribution in [3.8, 4) is 5.75 Å². The summed E-state index contributed by atoms with van der Waals surface area (Å²) in [4.78, 5) is 54.0. The number of benzene rings is 3. The summed E-state index contributed by atoms with van der Waals surface area (Å²) >= 11 is 0. The molecule has 1 aliphatic rings. The molecule has 0 radical (unpaired) electrons. The van der Waals surface area contributed by atoms with Gasteiger partial charge in [-0.3, -0.25) is 19.2 Å². The van der Waals surface area contributed by atoms with Crippen molar-refractivity contribution in [2.24, 2.45) is 0 Å². The molecule has 3 aromatic carbocycles. The summed E-state index contributed by atoms with van der Waals surface area (Å²) in [5.74, 6) is -0.834. The molecule has 0 aliphatic carbocycles. The van der Waals surface area contributed by atoms with Gasteiger partial charge >= 0.3 is 0 Å². The molecule has 1 atom stereocenters. The number of anilines is 2. The van der Waals surface area contributed by atoms with Crippen LogP contribution in [-0.4, -0.2) is 41.7 Å². The first-order valence-corrected chi connectivity index (χ1v) is 11.5. The minimum Gasteiger partial charge on any atom is -0.497 e. The Balaban J connectivity index is 1.64. The van der Waals surface area contributed by atoms with E-state index in [9.17, 15) is 19.2 Å². The molecule has 8 heteroatoms. The summed E-state index contributed by atoms with van der Waals surface area (Å²) in [7, 11) is 1.54. The fourth-order valence-corrected chi connectivity index (χ4v) is 4.14. The van der Waals surface area contributed by atoms with Crippen molar-refractivity contribution in [2.45, 2.75) is 32.9 Å². The average Bonchev–Trinajstić information content (AvgIpc) is 3.17. The number of hydrogen-bond acceptors (Lipinski definition) is 5. The number of ether oxygens (including phenoxy) is 1. The molecule has 1 fully saturated rings. The average molecular weight is 486 g/mol. The SMILES string of the molecule is COc1ccc(C(=O)N(Cc2ccc(C)cc2)C2CC(=O)N(c3ccc(NC(C)=O)cc3)C2=O)cc1. The molecule has 1 aliphatic heterocycles. The van der Waals surface area contributed by atoms with Crippen LogP contribution in [0, 0.1) is 6.92 Å². The van der Waals surface area contributed by atoms with Gasteiger partial charge in [0.15, 0.2) is 0 Å². The van der Waals surface area contributed by atoms with Crippen LogP contribution < -0.4 is 15.0 Å². The Morgan fingerprint density at radius 2 is 1.61 bits per heavy atom. The van der Waals surface area contributed by atoms with E-state index in [1.807, 2.05) is 31.2 Å². The van der Waals surface area contributed by atoms with Crippen molar-refractivity contribution in [2.75, 3.05) is 17.3 Å². The highest BCUT2D eigenvalue weighted by molar-refractivity contribution is 6.23. The highest BCUT2D eigenvalue weighted by Crippen LogP contribution is 2.29. The molecule has 3 aromatic rings. The maximum absolute atomic E-state index is 13.6. The molecular formula is C28H27N3O5. The van der Waals surface area contributed by atoms with E-state index in [4.69, 9.17) is 4.74 Å². The Bertz CT molecular complexity index is 1280. The van der Waals surface area contributed by atoms with Crippen molar-refractivity contribution in [1.82, 2.24) is 4.90 Å². The van der Waals surface area contributed by atoms with E-state index in [2.05, 4.69) is 5.32 Å². The molecule has 1 unspecified atom stereocenters. The van der Waals surface area contributed by atoms with E-state index in [-0.39, 0.29) is 24.8 Å². The summed E-state index contributed by atoms with van der Waals surface area (Å²) in [6.07, 6.45) is -0.125. The summed E-state index contributed by atoms with van der Waals surface area (Å²) in [5, 5.41) is 2.66. The number of amides is 4. The highest BCUT2D eigenvalue weighted by atomic mass is 16.5. The predicted octanol–water partition coefficient (Wildman–Crippen LogP) is 3.94. The fourth-order valence-electron chi connectivity index (χ4n) is 4.14. The van der Waals surface area contributed by atoms with Gasteiger partial charge in [0.25, 0.3) is 11.8 Å². The number of hydrogen-bond donors (Lipinski definition) is 1. The molecule has 1 heterocycles. The van der Waals surface area contributed by atoms with Gasteiger partial charge in [-0.1, -0.05) is 29.8 Å². The summed E-state index contributed by atoms with van der Waals surface area (Å²) in [6.45, 7) is 3.54. The first-order chi connectivity index (χ1) is 17.3. The van der Waals surface area contributed by atoms with E-state index in [1.165, 1.54) is 11.8 Å². The van der Waals surface area contributed by atoms with Crippen LogP contribution in [-0.2, 0) is 20.9 Å². The fraction of sp³-hybridized carbons (Fsp3) is 0.214. The number of methoxy groups -OCH3 is 1. The van der Waals surface area contributed by atoms with Gasteiger partial charge < -0.3 is 15.0 Å². The number of carbonyl (C=O) groups is 4. The van der Waals surface area contributed by atoms with Crippen molar-refractivity contribution in [3.63, 3.8) is 0 Å². The Labute approximate surface area is 209 Å². The van der Waals surface area contributed by atoms with Crippen molar-refractivity contribution in [1.29, 1.82) is 0 Å². The van der Waals surface area contributed by atoms with Gasteiger partial charge in [0.2, 0.25) is 11.8 Å². The van der Waals surface area contributed by atoms with Gasteiger partial charge in [0, 0.05) is 24.7 Å². The quantitative estimate of drug-likeness (QED) is 0.512. The van der Waals surface area contributed by atoms with Gasteiger partial charge in [-0.2, -0.15) is 0 Å². The Morgan fingerprint density at radius 3 is 2.19 bits per heavy atom. The lowest BCUT2D eigenvalue weighted by atomic mass is 10.1. The van der Waals surface area contributed by atoms with Crippen LogP contribution in [0.4, 0.5) is 11.4 Å². The van der Waals surface area contributed by atoms with Gasteiger partial charge in [0.1, 0.15) is 11.8 Å². The molecule has 36 heavy (non-hydrogen) atoms. The molecular weight excluding hydrogens is 458 g/mol. The van der Waals surface area contributed by atoms with Crippen LogP contribution in [0.3, 0.4) is 0 Å². The second kappa shape index (κ2) is 10.4. The van der Waals surface area contributed by atoms with Gasteiger partial charge in [-0.05, 0) is 61.0 Å². The van der Waals surface area contributed by atoms with E-state index in [1.54, 1.807) is 55.6 Å². The van der Waals surface area contributed by atoms with E-state index < -0.39 is 17.9 Å². The molecule has 1 N–H and O–H groups in total. The van der Waals surface area contributed by atoms with Crippen LogP contribution in [0.25, 0.3) is 0 Å². The van der Waals surface area contributed by atoms with Crippen LogP contribution in [0.5, 0.6) is 5.75 Å². The van der Waals surface area contributed by atoms with Gasteiger partial charge in [-0.15, -0.1) is 0 Å². The van der Waals surface area contributed by atoms with Gasteiger partial charge in [-0.25, -0.2) is 4.90 Å². The predicted molar refractivity (Wildman–Crippen MR) is 136 cm³/mol. The summed E-state index contributed by atoms with van der Waals surface area (Å²) in [5.41, 5.74) is 3.25. The third-order valence-corrected chi connectivity index (χ3v) is 6.02. The van der Waals surface area contributed by atoms with E-state index >= 15 is 0 Å². The molecule has 8 nitrogen and oxygen atoms in total. The third kappa shape index (κ3) is 5.27. The Hall–Kier alpha value is -4.46. The largest absolute Gasteiger partial charge is 0.497 e. The van der Waals surface area contributed by atoms with Crippen molar-refractivity contribution in [3.05, 3.63) is 89.5 Å². The smallest absolute Gasteiger partial charge is 0.257 e. The second-order valence-electron chi connectivity index (χ2n) is 8.66. The minimum absolute atomic E-state index is 0.125. The summed E-state index contributed by atoms with van der Waals surface area (Å²) in [6, 6.07) is 19.8. The van der Waals surface area contributed by atoms with Gasteiger partial charge in [0.05, 0.1) is 19.2 Å².